The molecule has 2 N–H and O–H groups in total. The maximum absolute atomic E-state index is 12.0. The van der Waals surface area contributed by atoms with Crippen LogP contribution in [0.5, 0.6) is 0 Å². The summed E-state index contributed by atoms with van der Waals surface area (Å²) in [6, 6.07) is 4.10. The van der Waals surface area contributed by atoms with Crippen LogP contribution in [0.2, 0.25) is 10.0 Å². The van der Waals surface area contributed by atoms with E-state index in [-0.39, 0.29) is 21.5 Å². The third kappa shape index (κ3) is 2.92. The molecule has 4 nitrogen and oxygen atoms in total. The molecule has 0 aromatic heterocycles. The third-order valence-corrected chi connectivity index (χ3v) is 4.65. The molecule has 0 heterocycles. The number of aliphatic hydroxyl groups excluding tert-OH is 1. The smallest absolute Gasteiger partial charge is 0.241 e. The molecule has 1 fully saturated rings. The Balaban J connectivity index is 2.31. The molecule has 1 saturated carbocycles. The van der Waals surface area contributed by atoms with E-state index in [9.17, 15) is 8.42 Å². The maximum atomic E-state index is 12.0. The van der Waals surface area contributed by atoms with Gasteiger partial charge in [-0.25, -0.2) is 13.1 Å². The van der Waals surface area contributed by atoms with Crippen LogP contribution in [0.25, 0.3) is 0 Å². The zero-order valence-electron chi connectivity index (χ0n) is 8.78. The van der Waals surface area contributed by atoms with Crippen molar-refractivity contribution in [3.8, 4) is 0 Å². The van der Waals surface area contributed by atoms with Crippen molar-refractivity contribution in [3.63, 3.8) is 0 Å². The van der Waals surface area contributed by atoms with Gasteiger partial charge in [0, 0.05) is 10.0 Å². The van der Waals surface area contributed by atoms with E-state index >= 15 is 0 Å². The number of aliphatic hydroxyl groups is 1. The van der Waals surface area contributed by atoms with Gasteiger partial charge in [-0.3, -0.25) is 0 Å². The Kier molecular flexibility index (Phi) is 3.40. The number of nitrogens with one attached hydrogen (secondary N) is 1. The van der Waals surface area contributed by atoms with E-state index in [4.69, 9.17) is 28.3 Å². The van der Waals surface area contributed by atoms with E-state index < -0.39 is 15.6 Å². The van der Waals surface area contributed by atoms with Gasteiger partial charge in [0.1, 0.15) is 0 Å². The number of rotatable bonds is 4. The first kappa shape index (κ1) is 13.1. The van der Waals surface area contributed by atoms with E-state index in [1.54, 1.807) is 0 Å². The van der Waals surface area contributed by atoms with E-state index in [1.165, 1.54) is 18.2 Å². The third-order valence-electron chi connectivity index (χ3n) is 2.65. The Hall–Kier alpha value is -0.330. The van der Waals surface area contributed by atoms with Gasteiger partial charge in [-0.15, -0.1) is 0 Å². The standard InChI is InChI=1S/C10H11Cl2NO3S/c11-7-3-8(12)5-9(4-7)17(15,16)13-10(6-14)1-2-10/h3-5,13-14H,1-2,6H2. The van der Waals surface area contributed by atoms with Gasteiger partial charge in [0.25, 0.3) is 0 Å². The fraction of sp³-hybridized carbons (Fsp3) is 0.400. The van der Waals surface area contributed by atoms with Gasteiger partial charge in [-0.1, -0.05) is 23.2 Å². The fourth-order valence-electron chi connectivity index (χ4n) is 1.47. The van der Waals surface area contributed by atoms with Crippen LogP contribution in [0.3, 0.4) is 0 Å². The van der Waals surface area contributed by atoms with Crippen molar-refractivity contribution in [3.05, 3.63) is 28.2 Å². The van der Waals surface area contributed by atoms with Crippen LogP contribution in [-0.2, 0) is 10.0 Å². The van der Waals surface area contributed by atoms with Gasteiger partial charge in [-0.2, -0.15) is 0 Å². The monoisotopic (exact) mass is 295 g/mol. The molecule has 2 rings (SSSR count). The van der Waals surface area contributed by atoms with Crippen molar-refractivity contribution >= 4 is 33.2 Å². The minimum absolute atomic E-state index is 0.00900. The lowest BCUT2D eigenvalue weighted by atomic mass is 10.3. The van der Waals surface area contributed by atoms with E-state index in [0.29, 0.717) is 12.8 Å². The number of benzene rings is 1. The SMILES string of the molecule is O=S(=O)(NC1(CO)CC1)c1cc(Cl)cc(Cl)c1. The molecule has 0 radical (unpaired) electrons. The van der Waals surface area contributed by atoms with Crippen molar-refractivity contribution < 1.29 is 13.5 Å². The van der Waals surface area contributed by atoms with Crippen LogP contribution in [0.1, 0.15) is 12.8 Å². The van der Waals surface area contributed by atoms with Crippen molar-refractivity contribution in [1.82, 2.24) is 4.72 Å². The Morgan fingerprint density at radius 1 is 1.24 bits per heavy atom. The molecule has 0 unspecified atom stereocenters. The summed E-state index contributed by atoms with van der Waals surface area (Å²) in [4.78, 5) is 0.00900. The Bertz CT molecular complexity index is 520. The first-order valence-corrected chi connectivity index (χ1v) is 7.22. The molecular weight excluding hydrogens is 285 g/mol. The lowest BCUT2D eigenvalue weighted by molar-refractivity contribution is 0.246. The van der Waals surface area contributed by atoms with Crippen LogP contribution in [0.15, 0.2) is 23.1 Å². The first-order chi connectivity index (χ1) is 7.87. The zero-order chi connectivity index (χ0) is 12.7. The van der Waals surface area contributed by atoms with Crippen molar-refractivity contribution in [2.24, 2.45) is 0 Å². The molecule has 1 aliphatic carbocycles. The summed E-state index contributed by atoms with van der Waals surface area (Å²) in [5, 5.41) is 9.61. The van der Waals surface area contributed by atoms with Gasteiger partial charge < -0.3 is 5.11 Å². The lowest BCUT2D eigenvalue weighted by Crippen LogP contribution is -2.39. The second-order valence-electron chi connectivity index (χ2n) is 4.15. The first-order valence-electron chi connectivity index (χ1n) is 4.98. The summed E-state index contributed by atoms with van der Waals surface area (Å²) in [5.74, 6) is 0. The van der Waals surface area contributed by atoms with Crippen LogP contribution >= 0.6 is 23.2 Å². The van der Waals surface area contributed by atoms with Gasteiger partial charge >= 0.3 is 0 Å². The largest absolute Gasteiger partial charge is 0.394 e. The molecule has 0 atom stereocenters. The van der Waals surface area contributed by atoms with Gasteiger partial charge in [0.2, 0.25) is 10.0 Å². The molecular formula is C10H11Cl2NO3S. The second-order valence-corrected chi connectivity index (χ2v) is 6.70. The second kappa shape index (κ2) is 4.40. The molecule has 0 amide bonds. The summed E-state index contributed by atoms with van der Waals surface area (Å²) in [6.07, 6.45) is 1.27. The average molecular weight is 296 g/mol. The molecule has 7 heteroatoms. The molecule has 0 spiro atoms. The number of hydrogen-bond acceptors (Lipinski definition) is 3. The average Bonchev–Trinajstić information content (AvgIpc) is 2.96. The number of halogens is 2. The lowest BCUT2D eigenvalue weighted by Gasteiger charge is -2.14. The van der Waals surface area contributed by atoms with Crippen LogP contribution in [0.4, 0.5) is 0 Å². The molecule has 0 aliphatic heterocycles. The van der Waals surface area contributed by atoms with Crippen LogP contribution < -0.4 is 4.72 Å². The maximum Gasteiger partial charge on any atom is 0.241 e. The zero-order valence-corrected chi connectivity index (χ0v) is 11.1. The molecule has 17 heavy (non-hydrogen) atoms. The van der Waals surface area contributed by atoms with Crippen molar-refractivity contribution in [2.75, 3.05) is 6.61 Å². The Labute approximate surface area is 110 Å². The van der Waals surface area contributed by atoms with Crippen LogP contribution in [0, 0.1) is 0 Å². The van der Waals surface area contributed by atoms with E-state index in [1.807, 2.05) is 0 Å². The fourth-order valence-corrected chi connectivity index (χ4v) is 3.65. The highest BCUT2D eigenvalue weighted by Crippen LogP contribution is 2.36. The molecule has 1 aliphatic rings. The summed E-state index contributed by atoms with van der Waals surface area (Å²) < 4.78 is 26.5. The molecule has 1 aromatic rings. The molecule has 94 valence electrons. The molecule has 0 saturated heterocycles. The van der Waals surface area contributed by atoms with Crippen molar-refractivity contribution in [1.29, 1.82) is 0 Å². The highest BCUT2D eigenvalue weighted by molar-refractivity contribution is 7.89. The Morgan fingerprint density at radius 3 is 2.18 bits per heavy atom. The van der Waals surface area contributed by atoms with Gasteiger partial charge in [0.15, 0.2) is 0 Å². The highest BCUT2D eigenvalue weighted by atomic mass is 35.5. The minimum Gasteiger partial charge on any atom is -0.394 e. The quantitative estimate of drug-likeness (QED) is 0.890. The van der Waals surface area contributed by atoms with E-state index in [2.05, 4.69) is 4.72 Å². The summed E-state index contributed by atoms with van der Waals surface area (Å²) in [6.45, 7) is -0.208. The summed E-state index contributed by atoms with van der Waals surface area (Å²) in [7, 11) is -3.69. The highest BCUT2D eigenvalue weighted by Gasteiger charge is 2.45. The van der Waals surface area contributed by atoms with Gasteiger partial charge in [0.05, 0.1) is 17.0 Å². The Morgan fingerprint density at radius 2 is 1.76 bits per heavy atom. The normalized spacial score (nSPS) is 18.1. The predicted octanol–water partition coefficient (Wildman–Crippen LogP) is 1.80. The van der Waals surface area contributed by atoms with E-state index in [0.717, 1.165) is 0 Å². The summed E-state index contributed by atoms with van der Waals surface area (Å²) in [5.41, 5.74) is -0.701. The predicted molar refractivity (Wildman–Crippen MR) is 65.8 cm³/mol. The van der Waals surface area contributed by atoms with Crippen LogP contribution in [-0.4, -0.2) is 25.7 Å². The van der Waals surface area contributed by atoms with Gasteiger partial charge in [-0.05, 0) is 31.0 Å². The number of hydrogen-bond donors (Lipinski definition) is 2. The molecule has 1 aromatic carbocycles. The minimum atomic E-state index is -3.69. The topological polar surface area (TPSA) is 66.4 Å². The van der Waals surface area contributed by atoms with Crippen molar-refractivity contribution in [2.45, 2.75) is 23.3 Å². The summed E-state index contributed by atoms with van der Waals surface area (Å²) >= 11 is 11.5. The number of sulfonamides is 1. The molecule has 0 bridgehead atoms.